The van der Waals surface area contributed by atoms with Crippen molar-refractivity contribution in [1.29, 1.82) is 0 Å². The molecule has 3 heterocycles. The van der Waals surface area contributed by atoms with Crippen LogP contribution in [0.3, 0.4) is 0 Å². The molecule has 1 fully saturated rings. The Bertz CT molecular complexity index is 486. The number of hydrogen-bond acceptors (Lipinski definition) is 6. The van der Waals surface area contributed by atoms with E-state index in [9.17, 15) is 0 Å². The van der Waals surface area contributed by atoms with Gasteiger partial charge in [-0.05, 0) is 18.0 Å². The van der Waals surface area contributed by atoms with Crippen LogP contribution in [0.2, 0.25) is 0 Å². The highest BCUT2D eigenvalue weighted by atomic mass is 32.1. The van der Waals surface area contributed by atoms with Crippen LogP contribution < -0.4 is 4.90 Å². The SMILES string of the molecule is CCN1CCN(c2nnc(-c3ccsc3)s2)CC1. The number of likely N-dealkylation sites (N-methyl/N-ethyl adjacent to an activating group) is 1. The fourth-order valence-electron chi connectivity index (χ4n) is 2.10. The molecule has 1 aliphatic heterocycles. The number of hydrogen-bond donors (Lipinski definition) is 0. The third-order valence-corrected chi connectivity index (χ3v) is 4.99. The Morgan fingerprint density at radius 3 is 2.72 bits per heavy atom. The smallest absolute Gasteiger partial charge is 0.208 e. The molecular weight excluding hydrogens is 264 g/mol. The minimum atomic E-state index is 1.03. The standard InChI is InChI=1S/C12H16N4S2/c1-2-15-4-6-16(7-5-15)12-14-13-11(18-12)10-3-8-17-9-10/h3,8-9H,2,4-7H2,1H3. The lowest BCUT2D eigenvalue weighted by molar-refractivity contribution is 0.271. The van der Waals surface area contributed by atoms with E-state index in [1.807, 2.05) is 0 Å². The monoisotopic (exact) mass is 280 g/mol. The van der Waals surface area contributed by atoms with E-state index in [1.165, 1.54) is 5.56 Å². The summed E-state index contributed by atoms with van der Waals surface area (Å²) in [6.07, 6.45) is 0. The molecule has 0 saturated carbocycles. The van der Waals surface area contributed by atoms with Crippen LogP contribution in [0.4, 0.5) is 5.13 Å². The third kappa shape index (κ3) is 2.41. The fraction of sp³-hybridized carbons (Fsp3) is 0.500. The van der Waals surface area contributed by atoms with Crippen LogP contribution >= 0.6 is 22.7 Å². The topological polar surface area (TPSA) is 32.3 Å². The van der Waals surface area contributed by atoms with Gasteiger partial charge in [0.2, 0.25) is 5.13 Å². The zero-order valence-electron chi connectivity index (χ0n) is 10.4. The summed E-state index contributed by atoms with van der Waals surface area (Å²) >= 11 is 3.40. The molecule has 0 atom stereocenters. The van der Waals surface area contributed by atoms with Crippen LogP contribution in [0.1, 0.15) is 6.92 Å². The first kappa shape index (κ1) is 12.1. The average molecular weight is 280 g/mol. The third-order valence-electron chi connectivity index (χ3n) is 3.27. The predicted molar refractivity (Wildman–Crippen MR) is 77.5 cm³/mol. The van der Waals surface area contributed by atoms with Gasteiger partial charge < -0.3 is 9.80 Å². The van der Waals surface area contributed by atoms with Crippen LogP contribution in [0.15, 0.2) is 16.8 Å². The summed E-state index contributed by atoms with van der Waals surface area (Å²) in [6, 6.07) is 2.10. The minimum Gasteiger partial charge on any atom is -0.344 e. The van der Waals surface area contributed by atoms with Gasteiger partial charge in [0.1, 0.15) is 5.01 Å². The first-order valence-corrected chi connectivity index (χ1v) is 7.96. The van der Waals surface area contributed by atoms with Gasteiger partial charge in [0.05, 0.1) is 0 Å². The van der Waals surface area contributed by atoms with Crippen molar-refractivity contribution in [2.45, 2.75) is 6.92 Å². The largest absolute Gasteiger partial charge is 0.344 e. The maximum absolute atomic E-state index is 4.33. The van der Waals surface area contributed by atoms with Gasteiger partial charge in [0, 0.05) is 37.1 Å². The maximum Gasteiger partial charge on any atom is 0.208 e. The molecular formula is C12H16N4S2. The molecule has 0 aliphatic carbocycles. The summed E-state index contributed by atoms with van der Waals surface area (Å²) in [7, 11) is 0. The van der Waals surface area contributed by atoms with Crippen molar-refractivity contribution in [1.82, 2.24) is 15.1 Å². The summed E-state index contributed by atoms with van der Waals surface area (Å²) in [6.45, 7) is 7.74. The molecule has 0 radical (unpaired) electrons. The molecule has 96 valence electrons. The number of aromatic nitrogens is 2. The predicted octanol–water partition coefficient (Wildman–Crippen LogP) is 2.41. The van der Waals surface area contributed by atoms with E-state index in [0.29, 0.717) is 0 Å². The van der Waals surface area contributed by atoms with Crippen molar-refractivity contribution in [2.75, 3.05) is 37.6 Å². The second kappa shape index (κ2) is 5.34. The van der Waals surface area contributed by atoms with Crippen LogP contribution in [-0.4, -0.2) is 47.8 Å². The normalized spacial score (nSPS) is 17.3. The van der Waals surface area contributed by atoms with Crippen LogP contribution in [0.5, 0.6) is 0 Å². The maximum atomic E-state index is 4.33. The summed E-state index contributed by atoms with van der Waals surface area (Å²) < 4.78 is 0. The lowest BCUT2D eigenvalue weighted by atomic mass is 10.3. The Labute approximate surface area is 115 Å². The molecule has 0 N–H and O–H groups in total. The Balaban J connectivity index is 1.71. The average Bonchev–Trinajstić information content (AvgIpc) is 3.09. The number of anilines is 1. The fourth-order valence-corrected chi connectivity index (χ4v) is 3.71. The highest BCUT2D eigenvalue weighted by Crippen LogP contribution is 2.30. The summed E-state index contributed by atoms with van der Waals surface area (Å²) in [5.41, 5.74) is 1.19. The first-order chi connectivity index (χ1) is 8.86. The molecule has 6 heteroatoms. The molecule has 4 nitrogen and oxygen atoms in total. The van der Waals surface area contributed by atoms with Gasteiger partial charge in [-0.1, -0.05) is 18.3 Å². The van der Waals surface area contributed by atoms with E-state index in [2.05, 4.69) is 43.7 Å². The Hall–Kier alpha value is -0.980. The van der Waals surface area contributed by atoms with Crippen LogP contribution in [0, 0.1) is 0 Å². The second-order valence-electron chi connectivity index (χ2n) is 4.32. The molecule has 18 heavy (non-hydrogen) atoms. The number of rotatable bonds is 3. The zero-order valence-corrected chi connectivity index (χ0v) is 12.0. The second-order valence-corrected chi connectivity index (χ2v) is 6.06. The molecule has 2 aromatic rings. The van der Waals surface area contributed by atoms with E-state index in [0.717, 1.165) is 42.9 Å². The van der Waals surface area contributed by atoms with Crippen molar-refractivity contribution in [3.63, 3.8) is 0 Å². The zero-order chi connectivity index (χ0) is 12.4. The van der Waals surface area contributed by atoms with E-state index >= 15 is 0 Å². The summed E-state index contributed by atoms with van der Waals surface area (Å²) in [5.74, 6) is 0. The van der Waals surface area contributed by atoms with Crippen molar-refractivity contribution in [3.05, 3.63) is 16.8 Å². The van der Waals surface area contributed by atoms with Crippen molar-refractivity contribution in [3.8, 4) is 10.6 Å². The van der Waals surface area contributed by atoms with E-state index < -0.39 is 0 Å². The number of nitrogens with zero attached hydrogens (tertiary/aromatic N) is 4. The quantitative estimate of drug-likeness (QED) is 0.864. The molecule has 1 aliphatic rings. The van der Waals surface area contributed by atoms with Crippen LogP contribution in [-0.2, 0) is 0 Å². The van der Waals surface area contributed by atoms with E-state index in [4.69, 9.17) is 0 Å². The van der Waals surface area contributed by atoms with Gasteiger partial charge in [-0.15, -0.1) is 10.2 Å². The van der Waals surface area contributed by atoms with Gasteiger partial charge in [0.15, 0.2) is 0 Å². The molecule has 0 unspecified atom stereocenters. The molecule has 0 aromatic carbocycles. The van der Waals surface area contributed by atoms with Crippen LogP contribution in [0.25, 0.3) is 10.6 Å². The molecule has 0 spiro atoms. The van der Waals surface area contributed by atoms with E-state index in [1.54, 1.807) is 22.7 Å². The van der Waals surface area contributed by atoms with Gasteiger partial charge in [-0.3, -0.25) is 0 Å². The van der Waals surface area contributed by atoms with Crippen molar-refractivity contribution < 1.29 is 0 Å². The molecule has 0 amide bonds. The van der Waals surface area contributed by atoms with Gasteiger partial charge in [-0.25, -0.2) is 0 Å². The molecule has 2 aromatic heterocycles. The lowest BCUT2D eigenvalue weighted by Crippen LogP contribution is -2.46. The Kier molecular flexibility index (Phi) is 3.58. The lowest BCUT2D eigenvalue weighted by Gasteiger charge is -2.33. The summed E-state index contributed by atoms with van der Waals surface area (Å²) in [4.78, 5) is 4.82. The number of thiophene rings is 1. The van der Waals surface area contributed by atoms with Crippen molar-refractivity contribution >= 4 is 27.8 Å². The summed E-state index contributed by atoms with van der Waals surface area (Å²) in [5, 5.41) is 14.9. The van der Waals surface area contributed by atoms with E-state index in [-0.39, 0.29) is 0 Å². The van der Waals surface area contributed by atoms with Crippen molar-refractivity contribution in [2.24, 2.45) is 0 Å². The highest BCUT2D eigenvalue weighted by molar-refractivity contribution is 7.18. The minimum absolute atomic E-state index is 1.03. The molecule has 0 bridgehead atoms. The molecule has 3 rings (SSSR count). The molecule has 1 saturated heterocycles. The Morgan fingerprint density at radius 1 is 1.22 bits per heavy atom. The van der Waals surface area contributed by atoms with Gasteiger partial charge >= 0.3 is 0 Å². The highest BCUT2D eigenvalue weighted by Gasteiger charge is 2.19. The first-order valence-electron chi connectivity index (χ1n) is 6.20. The Morgan fingerprint density at radius 2 is 2.06 bits per heavy atom. The van der Waals surface area contributed by atoms with Gasteiger partial charge in [-0.2, -0.15) is 11.3 Å². The number of piperazine rings is 1. The van der Waals surface area contributed by atoms with Gasteiger partial charge in [0.25, 0.3) is 0 Å².